The minimum Gasteiger partial charge on any atom is -0.147 e. The fraction of sp³-hybridized carbons (Fsp3) is 1.00. The van der Waals surface area contributed by atoms with E-state index in [0.717, 1.165) is 26.1 Å². The third-order valence-corrected chi connectivity index (χ3v) is 2.31. The van der Waals surface area contributed by atoms with Crippen LogP contribution < -0.4 is 0 Å². The summed E-state index contributed by atoms with van der Waals surface area (Å²) in [5, 5.41) is 0. The van der Waals surface area contributed by atoms with Gasteiger partial charge in [0.1, 0.15) is 0 Å². The van der Waals surface area contributed by atoms with Gasteiger partial charge in [-0.2, -0.15) is 0 Å². The zero-order valence-corrected chi connectivity index (χ0v) is 11.1. The molecular weight excluding hydrogens is 266 g/mol. The van der Waals surface area contributed by atoms with Crippen molar-refractivity contribution in [3.8, 4) is 0 Å². The van der Waals surface area contributed by atoms with E-state index in [4.69, 9.17) is 5.63 Å². The normalized spacial score (nSPS) is 7.82. The van der Waals surface area contributed by atoms with Gasteiger partial charge in [0.15, 0.2) is 0 Å². The van der Waals surface area contributed by atoms with Crippen LogP contribution in [0.4, 0.5) is 0 Å². The minimum atomic E-state index is -0.851. The number of hydrogen-bond acceptors (Lipinski definition) is 2. The van der Waals surface area contributed by atoms with Crippen molar-refractivity contribution in [1.82, 2.24) is 0 Å². The van der Waals surface area contributed by atoms with Crippen LogP contribution in [0, 0.1) is 0 Å². The Kier molecular flexibility index (Phi) is 28.9. The molecule has 0 heterocycles. The Bertz CT molecular complexity index is 51.8. The summed E-state index contributed by atoms with van der Waals surface area (Å²) in [5.41, 5.74) is 0. The quantitative estimate of drug-likeness (QED) is 0.697. The summed E-state index contributed by atoms with van der Waals surface area (Å²) in [6, 6.07) is 0. The Balaban J connectivity index is -0.000000320. The molecular formula is C6H16Cl2O2Zr. The van der Waals surface area contributed by atoms with Gasteiger partial charge in [0.05, 0.1) is 0 Å². The summed E-state index contributed by atoms with van der Waals surface area (Å²) in [7, 11) is 0. The van der Waals surface area contributed by atoms with Gasteiger partial charge in [-0.25, -0.2) is 0 Å². The van der Waals surface area contributed by atoms with Crippen molar-refractivity contribution >= 4 is 24.8 Å². The van der Waals surface area contributed by atoms with Crippen LogP contribution in [0.25, 0.3) is 0 Å². The van der Waals surface area contributed by atoms with Gasteiger partial charge in [0, 0.05) is 0 Å². The maximum atomic E-state index is 5.23. The summed E-state index contributed by atoms with van der Waals surface area (Å²) < 4.78 is 10.5. The predicted octanol–water partition coefficient (Wildman–Crippen LogP) is 2.60. The molecule has 0 aliphatic rings. The fourth-order valence-corrected chi connectivity index (χ4v) is 1.95. The first-order chi connectivity index (χ1) is 4.41. The van der Waals surface area contributed by atoms with E-state index in [1.54, 1.807) is 0 Å². The molecule has 70 valence electrons. The average molecular weight is 282 g/mol. The molecule has 0 rings (SSSR count). The summed E-state index contributed by atoms with van der Waals surface area (Å²) in [4.78, 5) is 0. The molecule has 0 aliphatic heterocycles. The molecule has 0 aromatic carbocycles. The van der Waals surface area contributed by atoms with Crippen molar-refractivity contribution in [2.24, 2.45) is 0 Å². The minimum absolute atomic E-state index is 0. The van der Waals surface area contributed by atoms with E-state index < -0.39 is 24.1 Å². The zero-order valence-electron chi connectivity index (χ0n) is 6.96. The van der Waals surface area contributed by atoms with Crippen LogP contribution in [0.1, 0.15) is 26.7 Å². The van der Waals surface area contributed by atoms with Gasteiger partial charge < -0.3 is 0 Å². The second-order valence-corrected chi connectivity index (χ2v) is 3.61. The smallest absolute Gasteiger partial charge is 0.147 e. The van der Waals surface area contributed by atoms with Crippen LogP contribution in [0.2, 0.25) is 0 Å². The molecule has 0 N–H and O–H groups in total. The molecule has 0 fully saturated rings. The van der Waals surface area contributed by atoms with E-state index in [0.29, 0.717) is 0 Å². The van der Waals surface area contributed by atoms with Crippen molar-refractivity contribution in [3.05, 3.63) is 0 Å². The molecule has 11 heavy (non-hydrogen) atoms. The molecule has 0 aromatic rings. The molecule has 0 bridgehead atoms. The molecule has 0 saturated heterocycles. The van der Waals surface area contributed by atoms with Crippen molar-refractivity contribution in [2.45, 2.75) is 26.7 Å². The first-order valence-corrected chi connectivity index (χ1v) is 5.41. The van der Waals surface area contributed by atoms with E-state index in [-0.39, 0.29) is 24.8 Å². The molecule has 0 aliphatic carbocycles. The summed E-state index contributed by atoms with van der Waals surface area (Å²) in [6.07, 6.45) is 2.21. The topological polar surface area (TPSA) is 18.5 Å². The third kappa shape index (κ3) is 18.4. The molecule has 0 radical (unpaired) electrons. The van der Waals surface area contributed by atoms with E-state index in [1.165, 1.54) is 0 Å². The number of halogens is 2. The Labute approximate surface area is 94.0 Å². The first kappa shape index (κ1) is 18.2. The van der Waals surface area contributed by atoms with Crippen molar-refractivity contribution < 1.29 is 29.7 Å². The second kappa shape index (κ2) is 17.5. The van der Waals surface area contributed by atoms with Gasteiger partial charge in [0.25, 0.3) is 0 Å². The Morgan fingerprint density at radius 3 is 1.55 bits per heavy atom. The molecule has 0 aromatic heterocycles. The van der Waals surface area contributed by atoms with E-state index in [9.17, 15) is 0 Å². The summed E-state index contributed by atoms with van der Waals surface area (Å²) in [6.45, 7) is 5.99. The third-order valence-electron chi connectivity index (χ3n) is 0.730. The molecule has 0 unspecified atom stereocenters. The zero-order chi connectivity index (χ0) is 6.95. The van der Waals surface area contributed by atoms with Gasteiger partial charge in [-0.3, -0.25) is 0 Å². The summed E-state index contributed by atoms with van der Waals surface area (Å²) in [5.74, 6) is 0. The van der Waals surface area contributed by atoms with Crippen LogP contribution in [-0.4, -0.2) is 13.2 Å². The van der Waals surface area contributed by atoms with Crippen LogP contribution in [0.15, 0.2) is 0 Å². The van der Waals surface area contributed by atoms with E-state index >= 15 is 0 Å². The second-order valence-electron chi connectivity index (χ2n) is 1.78. The summed E-state index contributed by atoms with van der Waals surface area (Å²) >= 11 is -0.851. The van der Waals surface area contributed by atoms with Crippen LogP contribution >= 0.6 is 24.8 Å². The van der Waals surface area contributed by atoms with Gasteiger partial charge in [-0.05, 0) is 0 Å². The van der Waals surface area contributed by atoms with E-state index in [2.05, 4.69) is 13.8 Å². The van der Waals surface area contributed by atoms with Gasteiger partial charge >= 0.3 is 69.6 Å². The Hall–Kier alpha value is 1.38. The molecule has 0 saturated carbocycles. The first-order valence-electron chi connectivity index (χ1n) is 3.40. The predicted molar refractivity (Wildman–Crippen MR) is 47.0 cm³/mol. The molecule has 2 nitrogen and oxygen atoms in total. The maximum absolute atomic E-state index is 5.23. The Morgan fingerprint density at radius 2 is 1.27 bits per heavy atom. The molecule has 5 heteroatoms. The van der Waals surface area contributed by atoms with Crippen molar-refractivity contribution in [2.75, 3.05) is 13.2 Å². The largest absolute Gasteiger partial charge is 0.147 e. The SMILES string of the molecule is CCC[O][Zr][O]CCC.Cl.Cl. The maximum Gasteiger partial charge on any atom is -0.147 e. The number of hydrogen-bond donors (Lipinski definition) is 0. The van der Waals surface area contributed by atoms with Crippen LogP contribution in [-0.2, 0) is 29.7 Å². The Morgan fingerprint density at radius 1 is 0.909 bits per heavy atom. The van der Waals surface area contributed by atoms with Gasteiger partial charge in [-0.1, -0.05) is 0 Å². The van der Waals surface area contributed by atoms with Crippen LogP contribution in [0.5, 0.6) is 0 Å². The fourth-order valence-electron chi connectivity index (χ4n) is 0.329. The van der Waals surface area contributed by atoms with E-state index in [1.807, 2.05) is 0 Å². The van der Waals surface area contributed by atoms with Gasteiger partial charge in [0.2, 0.25) is 0 Å². The molecule has 0 atom stereocenters. The average Bonchev–Trinajstić information content (AvgIpc) is 1.89. The van der Waals surface area contributed by atoms with Crippen molar-refractivity contribution in [3.63, 3.8) is 0 Å². The monoisotopic (exact) mass is 280 g/mol. The van der Waals surface area contributed by atoms with Gasteiger partial charge in [-0.15, -0.1) is 24.8 Å². The molecule has 0 spiro atoms. The van der Waals surface area contributed by atoms with Crippen LogP contribution in [0.3, 0.4) is 0 Å². The number of rotatable bonds is 6. The van der Waals surface area contributed by atoms with Crippen molar-refractivity contribution in [1.29, 1.82) is 0 Å². The molecule has 0 amide bonds. The standard InChI is InChI=1S/2C3H7O.2ClH.Zr/c2*1-2-3-4;;;/h2*2-3H2,1H3;2*1H;/q2*-1;;;+2.